The van der Waals surface area contributed by atoms with Crippen LogP contribution in [0.1, 0.15) is 30.6 Å². The molecule has 1 aromatic heterocycles. The molecule has 17 heavy (non-hydrogen) atoms. The molecule has 1 fully saturated rings. The molecule has 1 atom stereocenters. The van der Waals surface area contributed by atoms with Gasteiger partial charge in [0.05, 0.1) is 6.54 Å². The first-order valence-electron chi connectivity index (χ1n) is 6.25. The highest BCUT2D eigenvalue weighted by Gasteiger charge is 2.18. The van der Waals surface area contributed by atoms with Gasteiger partial charge in [0.15, 0.2) is 0 Å². The molecule has 1 aliphatic heterocycles. The number of piperidine rings is 1. The summed E-state index contributed by atoms with van der Waals surface area (Å²) >= 11 is 1.71. The second kappa shape index (κ2) is 6.17. The minimum atomic E-state index is 0.248. The molecule has 0 aromatic carbocycles. The molecule has 1 amide bonds. The molecule has 0 saturated carbocycles. The standard InChI is InChI=1S/C13H20N2OS/c1-15(10-12-6-4-8-17-12)13(16)9-11-5-2-3-7-14-11/h4,6,8,11,14H,2-3,5,7,9-10H2,1H3. The molecule has 1 aliphatic rings. The quantitative estimate of drug-likeness (QED) is 0.891. The van der Waals surface area contributed by atoms with Gasteiger partial charge in [-0.1, -0.05) is 12.5 Å². The van der Waals surface area contributed by atoms with Crippen molar-refractivity contribution in [1.82, 2.24) is 10.2 Å². The lowest BCUT2D eigenvalue weighted by atomic mass is 10.0. The second-order valence-corrected chi connectivity index (χ2v) is 5.71. The minimum Gasteiger partial charge on any atom is -0.341 e. The summed E-state index contributed by atoms with van der Waals surface area (Å²) in [4.78, 5) is 15.1. The number of rotatable bonds is 4. The molecule has 0 radical (unpaired) electrons. The normalized spacial score (nSPS) is 20.2. The van der Waals surface area contributed by atoms with Crippen molar-refractivity contribution in [3.63, 3.8) is 0 Å². The van der Waals surface area contributed by atoms with Gasteiger partial charge in [0.25, 0.3) is 0 Å². The van der Waals surface area contributed by atoms with E-state index >= 15 is 0 Å². The predicted molar refractivity (Wildman–Crippen MR) is 71.1 cm³/mol. The van der Waals surface area contributed by atoms with E-state index in [1.165, 1.54) is 17.7 Å². The number of amides is 1. The summed E-state index contributed by atoms with van der Waals surface area (Å²) < 4.78 is 0. The maximum Gasteiger partial charge on any atom is 0.224 e. The zero-order chi connectivity index (χ0) is 12.1. The van der Waals surface area contributed by atoms with E-state index in [9.17, 15) is 4.79 Å². The van der Waals surface area contributed by atoms with Crippen molar-refractivity contribution < 1.29 is 4.79 Å². The number of hydrogen-bond acceptors (Lipinski definition) is 3. The van der Waals surface area contributed by atoms with Crippen LogP contribution in [0.3, 0.4) is 0 Å². The van der Waals surface area contributed by atoms with Crippen LogP contribution in [0.15, 0.2) is 17.5 Å². The van der Waals surface area contributed by atoms with Gasteiger partial charge in [-0.2, -0.15) is 0 Å². The van der Waals surface area contributed by atoms with Crippen molar-refractivity contribution in [3.8, 4) is 0 Å². The Balaban J connectivity index is 1.78. The van der Waals surface area contributed by atoms with Crippen LogP contribution >= 0.6 is 11.3 Å². The molecule has 0 spiro atoms. The van der Waals surface area contributed by atoms with Gasteiger partial charge < -0.3 is 10.2 Å². The van der Waals surface area contributed by atoms with Crippen LogP contribution < -0.4 is 5.32 Å². The summed E-state index contributed by atoms with van der Waals surface area (Å²) in [6, 6.07) is 4.50. The van der Waals surface area contributed by atoms with Crippen LogP contribution in [-0.4, -0.2) is 30.4 Å². The molecule has 0 bridgehead atoms. The Bertz CT molecular complexity index is 344. The number of carbonyl (C=O) groups excluding carboxylic acids is 1. The fourth-order valence-corrected chi connectivity index (χ4v) is 2.95. The summed E-state index contributed by atoms with van der Waals surface area (Å²) in [6.45, 7) is 1.80. The van der Waals surface area contributed by atoms with Crippen LogP contribution in [0.5, 0.6) is 0 Å². The van der Waals surface area contributed by atoms with Crippen molar-refractivity contribution in [1.29, 1.82) is 0 Å². The summed E-state index contributed by atoms with van der Waals surface area (Å²) in [5.74, 6) is 0.248. The van der Waals surface area contributed by atoms with Gasteiger partial charge in [-0.15, -0.1) is 11.3 Å². The number of carbonyl (C=O) groups is 1. The first-order valence-corrected chi connectivity index (χ1v) is 7.13. The zero-order valence-electron chi connectivity index (χ0n) is 10.3. The van der Waals surface area contributed by atoms with Gasteiger partial charge >= 0.3 is 0 Å². The predicted octanol–water partition coefficient (Wildman–Crippen LogP) is 2.24. The lowest BCUT2D eigenvalue weighted by molar-refractivity contribution is -0.131. The van der Waals surface area contributed by atoms with E-state index in [1.807, 2.05) is 18.0 Å². The van der Waals surface area contributed by atoms with Gasteiger partial charge in [-0.3, -0.25) is 4.79 Å². The Kier molecular flexibility index (Phi) is 4.57. The van der Waals surface area contributed by atoms with Crippen molar-refractivity contribution in [2.45, 2.75) is 38.3 Å². The first-order chi connectivity index (χ1) is 8.25. The minimum absolute atomic E-state index is 0.248. The monoisotopic (exact) mass is 252 g/mol. The van der Waals surface area contributed by atoms with E-state index in [-0.39, 0.29) is 5.91 Å². The third kappa shape index (κ3) is 3.82. The van der Waals surface area contributed by atoms with Crippen LogP contribution in [0, 0.1) is 0 Å². The van der Waals surface area contributed by atoms with Crippen molar-refractivity contribution >= 4 is 17.2 Å². The number of hydrogen-bond donors (Lipinski definition) is 1. The van der Waals surface area contributed by atoms with Gasteiger partial charge in [0, 0.05) is 24.4 Å². The molecule has 1 aromatic rings. The maximum atomic E-state index is 12.0. The first kappa shape index (κ1) is 12.6. The molecule has 1 unspecified atom stereocenters. The maximum absolute atomic E-state index is 12.0. The number of thiophene rings is 1. The zero-order valence-corrected chi connectivity index (χ0v) is 11.1. The lowest BCUT2D eigenvalue weighted by Gasteiger charge is -2.25. The number of nitrogens with zero attached hydrogens (tertiary/aromatic N) is 1. The highest BCUT2D eigenvalue weighted by Crippen LogP contribution is 2.14. The molecule has 2 rings (SSSR count). The molecule has 94 valence electrons. The molecule has 0 aliphatic carbocycles. The topological polar surface area (TPSA) is 32.3 Å². The van der Waals surface area contributed by atoms with E-state index in [4.69, 9.17) is 0 Å². The third-order valence-electron chi connectivity index (χ3n) is 3.23. The van der Waals surface area contributed by atoms with Crippen molar-refractivity contribution in [2.24, 2.45) is 0 Å². The Morgan fingerprint density at radius 3 is 3.12 bits per heavy atom. The molecule has 3 nitrogen and oxygen atoms in total. The van der Waals surface area contributed by atoms with E-state index in [1.54, 1.807) is 11.3 Å². The molecule has 4 heteroatoms. The fourth-order valence-electron chi connectivity index (χ4n) is 2.19. The average Bonchev–Trinajstić information content (AvgIpc) is 2.83. The third-order valence-corrected chi connectivity index (χ3v) is 4.09. The van der Waals surface area contributed by atoms with E-state index in [2.05, 4.69) is 16.8 Å². The average molecular weight is 252 g/mol. The summed E-state index contributed by atoms with van der Waals surface area (Å²) in [7, 11) is 1.89. The second-order valence-electron chi connectivity index (χ2n) is 4.68. The van der Waals surface area contributed by atoms with Crippen molar-refractivity contribution in [3.05, 3.63) is 22.4 Å². The summed E-state index contributed by atoms with van der Waals surface area (Å²) in [5.41, 5.74) is 0. The van der Waals surface area contributed by atoms with Gasteiger partial charge in [0.1, 0.15) is 0 Å². The molecule has 1 N–H and O–H groups in total. The number of nitrogens with one attached hydrogen (secondary N) is 1. The highest BCUT2D eigenvalue weighted by molar-refractivity contribution is 7.09. The summed E-state index contributed by atoms with van der Waals surface area (Å²) in [5, 5.41) is 5.47. The van der Waals surface area contributed by atoms with Crippen LogP contribution in [0.25, 0.3) is 0 Å². The largest absolute Gasteiger partial charge is 0.341 e. The lowest BCUT2D eigenvalue weighted by Crippen LogP contribution is -2.39. The SMILES string of the molecule is CN(Cc1cccs1)C(=O)CC1CCCCN1. The van der Waals surface area contributed by atoms with Crippen molar-refractivity contribution in [2.75, 3.05) is 13.6 Å². The van der Waals surface area contributed by atoms with E-state index < -0.39 is 0 Å². The molecular formula is C13H20N2OS. The molecule has 1 saturated heterocycles. The Hall–Kier alpha value is -0.870. The Labute approximate surface area is 107 Å². The van der Waals surface area contributed by atoms with Crippen LogP contribution in [0.4, 0.5) is 0 Å². The van der Waals surface area contributed by atoms with E-state index in [0.29, 0.717) is 12.5 Å². The Morgan fingerprint density at radius 2 is 2.47 bits per heavy atom. The van der Waals surface area contributed by atoms with Crippen LogP contribution in [0.2, 0.25) is 0 Å². The molecule has 2 heterocycles. The van der Waals surface area contributed by atoms with Gasteiger partial charge in [0.2, 0.25) is 5.91 Å². The van der Waals surface area contributed by atoms with Crippen LogP contribution in [-0.2, 0) is 11.3 Å². The van der Waals surface area contributed by atoms with Gasteiger partial charge in [-0.05, 0) is 30.8 Å². The van der Waals surface area contributed by atoms with Gasteiger partial charge in [-0.25, -0.2) is 0 Å². The van der Waals surface area contributed by atoms with E-state index in [0.717, 1.165) is 19.5 Å². The Morgan fingerprint density at radius 1 is 1.59 bits per heavy atom. The highest BCUT2D eigenvalue weighted by atomic mass is 32.1. The fraction of sp³-hybridized carbons (Fsp3) is 0.615. The molecular weight excluding hydrogens is 232 g/mol. The summed E-state index contributed by atoms with van der Waals surface area (Å²) in [6.07, 6.45) is 4.27. The smallest absolute Gasteiger partial charge is 0.224 e.